The molecule has 1 amide bonds. The van der Waals surface area contributed by atoms with E-state index in [2.05, 4.69) is 26.0 Å². The summed E-state index contributed by atoms with van der Waals surface area (Å²) in [5.74, 6) is 0.984. The van der Waals surface area contributed by atoms with E-state index in [-0.39, 0.29) is 11.8 Å². The highest BCUT2D eigenvalue weighted by Gasteiger charge is 2.28. The molecule has 0 radical (unpaired) electrons. The molecule has 0 aliphatic heterocycles. The molecule has 0 heterocycles. The number of amides is 1. The molecular formula is C25H31NOS. The van der Waals surface area contributed by atoms with Crippen LogP contribution in [0.25, 0.3) is 0 Å². The first-order valence-corrected chi connectivity index (χ1v) is 11.0. The molecule has 0 N–H and O–H groups in total. The standard InChI is InChI=1S/C25H31NOS/c1-19(2)17-18-26(25(27)21-13-7-4-8-14-21)23-16-10-9-15-22(23)24(28)20-11-5-3-6-12-20/h3,5-6,9-12,15-16,19,21H,4,7-8,13-14,17-18H2,1-2H3. The number of carbonyl (C=O) groups is 1. The van der Waals surface area contributed by atoms with Gasteiger partial charge in [0, 0.05) is 18.0 Å². The average molecular weight is 394 g/mol. The lowest BCUT2D eigenvalue weighted by Crippen LogP contribution is -2.39. The van der Waals surface area contributed by atoms with Crippen molar-refractivity contribution in [2.45, 2.75) is 52.4 Å². The number of nitrogens with zero attached hydrogens (tertiary/aromatic N) is 1. The highest BCUT2D eigenvalue weighted by molar-refractivity contribution is 7.81. The summed E-state index contributed by atoms with van der Waals surface area (Å²) in [5.41, 5.74) is 2.98. The van der Waals surface area contributed by atoms with Gasteiger partial charge in [-0.15, -0.1) is 0 Å². The molecule has 2 nitrogen and oxygen atoms in total. The van der Waals surface area contributed by atoms with Crippen LogP contribution in [0.15, 0.2) is 54.6 Å². The Bertz CT molecular complexity index is 793. The van der Waals surface area contributed by atoms with Gasteiger partial charge < -0.3 is 4.90 Å². The van der Waals surface area contributed by atoms with E-state index in [1.165, 1.54) is 19.3 Å². The van der Waals surface area contributed by atoms with Gasteiger partial charge in [-0.1, -0.05) is 93.9 Å². The lowest BCUT2D eigenvalue weighted by Gasteiger charge is -2.31. The van der Waals surface area contributed by atoms with Crippen molar-refractivity contribution in [3.63, 3.8) is 0 Å². The summed E-state index contributed by atoms with van der Waals surface area (Å²) < 4.78 is 0. The van der Waals surface area contributed by atoms with Gasteiger partial charge in [-0.25, -0.2) is 0 Å². The molecule has 0 unspecified atom stereocenters. The molecule has 1 saturated carbocycles. The van der Waals surface area contributed by atoms with Crippen molar-refractivity contribution >= 4 is 28.7 Å². The second kappa shape index (κ2) is 9.97. The van der Waals surface area contributed by atoms with Crippen molar-refractivity contribution in [2.24, 2.45) is 11.8 Å². The predicted octanol–water partition coefficient (Wildman–Crippen LogP) is 6.41. The van der Waals surface area contributed by atoms with Gasteiger partial charge in [0.05, 0.1) is 10.6 Å². The van der Waals surface area contributed by atoms with Gasteiger partial charge in [-0.2, -0.15) is 0 Å². The van der Waals surface area contributed by atoms with Gasteiger partial charge in [-0.3, -0.25) is 4.79 Å². The lowest BCUT2D eigenvalue weighted by atomic mass is 9.87. The Hall–Kier alpha value is -2.00. The maximum atomic E-state index is 13.5. The minimum atomic E-state index is 0.152. The number of hydrogen-bond donors (Lipinski definition) is 0. The van der Waals surface area contributed by atoms with E-state index in [0.717, 1.165) is 47.5 Å². The minimum absolute atomic E-state index is 0.152. The third kappa shape index (κ3) is 5.08. The summed E-state index contributed by atoms with van der Waals surface area (Å²) in [6.45, 7) is 5.18. The predicted molar refractivity (Wildman–Crippen MR) is 122 cm³/mol. The van der Waals surface area contributed by atoms with E-state index >= 15 is 0 Å². The van der Waals surface area contributed by atoms with Gasteiger partial charge in [0.1, 0.15) is 0 Å². The number of anilines is 1. The summed E-state index contributed by atoms with van der Waals surface area (Å²) in [6, 6.07) is 18.2. The minimum Gasteiger partial charge on any atom is -0.312 e. The zero-order chi connectivity index (χ0) is 19.9. The molecule has 0 saturated heterocycles. The van der Waals surface area contributed by atoms with E-state index in [0.29, 0.717) is 5.92 Å². The molecule has 28 heavy (non-hydrogen) atoms. The van der Waals surface area contributed by atoms with Gasteiger partial charge in [0.15, 0.2) is 0 Å². The molecule has 0 spiro atoms. The molecule has 1 fully saturated rings. The molecular weight excluding hydrogens is 362 g/mol. The van der Waals surface area contributed by atoms with Crippen LogP contribution in [0.4, 0.5) is 5.69 Å². The first-order valence-electron chi connectivity index (χ1n) is 10.6. The average Bonchev–Trinajstić information content (AvgIpc) is 2.74. The van der Waals surface area contributed by atoms with Crippen LogP contribution in [0.5, 0.6) is 0 Å². The number of thiocarbonyl (C=S) groups is 1. The number of hydrogen-bond acceptors (Lipinski definition) is 2. The van der Waals surface area contributed by atoms with Crippen molar-refractivity contribution in [3.05, 3.63) is 65.7 Å². The maximum absolute atomic E-state index is 13.5. The quantitative estimate of drug-likeness (QED) is 0.400. The Labute approximate surface area is 175 Å². The summed E-state index contributed by atoms with van der Waals surface area (Å²) in [5, 5.41) is 0. The molecule has 0 bridgehead atoms. The van der Waals surface area contributed by atoms with Crippen molar-refractivity contribution in [1.82, 2.24) is 0 Å². The third-order valence-corrected chi connectivity index (χ3v) is 6.08. The fraction of sp³-hybridized carbons (Fsp3) is 0.440. The van der Waals surface area contributed by atoms with Crippen LogP contribution in [0.3, 0.4) is 0 Å². The van der Waals surface area contributed by atoms with E-state index in [4.69, 9.17) is 12.2 Å². The highest BCUT2D eigenvalue weighted by Crippen LogP contribution is 2.31. The highest BCUT2D eigenvalue weighted by atomic mass is 32.1. The largest absolute Gasteiger partial charge is 0.312 e. The smallest absolute Gasteiger partial charge is 0.230 e. The second-order valence-electron chi connectivity index (χ2n) is 8.22. The fourth-order valence-corrected chi connectivity index (χ4v) is 4.26. The summed E-state index contributed by atoms with van der Waals surface area (Å²) in [6.07, 6.45) is 6.61. The van der Waals surface area contributed by atoms with Crippen LogP contribution in [0.1, 0.15) is 63.5 Å². The number of para-hydroxylation sites is 1. The van der Waals surface area contributed by atoms with Crippen LogP contribution in [-0.4, -0.2) is 17.3 Å². The molecule has 148 valence electrons. The zero-order valence-corrected chi connectivity index (χ0v) is 17.9. The van der Waals surface area contributed by atoms with Gasteiger partial charge in [0.2, 0.25) is 5.91 Å². The Kier molecular flexibility index (Phi) is 7.38. The molecule has 0 aromatic heterocycles. The van der Waals surface area contributed by atoms with Gasteiger partial charge >= 0.3 is 0 Å². The van der Waals surface area contributed by atoms with Crippen LogP contribution < -0.4 is 4.90 Å². The van der Waals surface area contributed by atoms with Crippen LogP contribution in [-0.2, 0) is 4.79 Å². The van der Waals surface area contributed by atoms with Crippen LogP contribution >= 0.6 is 12.2 Å². The topological polar surface area (TPSA) is 20.3 Å². The zero-order valence-electron chi connectivity index (χ0n) is 17.1. The van der Waals surface area contributed by atoms with Gasteiger partial charge in [0.25, 0.3) is 0 Å². The Morgan fingerprint density at radius 2 is 1.64 bits per heavy atom. The number of benzene rings is 2. The number of rotatable bonds is 7. The molecule has 0 atom stereocenters. The fourth-order valence-electron chi connectivity index (χ4n) is 3.95. The van der Waals surface area contributed by atoms with Crippen molar-refractivity contribution < 1.29 is 4.79 Å². The Morgan fingerprint density at radius 3 is 2.32 bits per heavy atom. The lowest BCUT2D eigenvalue weighted by molar-refractivity contribution is -0.123. The molecule has 3 rings (SSSR count). The van der Waals surface area contributed by atoms with E-state index in [1.54, 1.807) is 0 Å². The van der Waals surface area contributed by atoms with Crippen LogP contribution in [0.2, 0.25) is 0 Å². The summed E-state index contributed by atoms with van der Waals surface area (Å²) in [4.78, 5) is 16.3. The first-order chi connectivity index (χ1) is 13.6. The van der Waals surface area contributed by atoms with E-state index < -0.39 is 0 Å². The number of carbonyl (C=O) groups excluding carboxylic acids is 1. The Balaban J connectivity index is 1.95. The summed E-state index contributed by atoms with van der Waals surface area (Å²) in [7, 11) is 0. The third-order valence-electron chi connectivity index (χ3n) is 5.63. The van der Waals surface area contributed by atoms with Gasteiger partial charge in [-0.05, 0) is 36.8 Å². The molecule has 3 heteroatoms. The molecule has 2 aromatic rings. The monoisotopic (exact) mass is 393 g/mol. The first kappa shape index (κ1) is 20.7. The van der Waals surface area contributed by atoms with Crippen molar-refractivity contribution in [1.29, 1.82) is 0 Å². The summed E-state index contributed by atoms with van der Waals surface area (Å²) >= 11 is 5.83. The molecule has 1 aliphatic rings. The molecule has 2 aromatic carbocycles. The Morgan fingerprint density at radius 1 is 1.00 bits per heavy atom. The second-order valence-corrected chi connectivity index (χ2v) is 8.63. The van der Waals surface area contributed by atoms with Crippen molar-refractivity contribution in [3.8, 4) is 0 Å². The van der Waals surface area contributed by atoms with E-state index in [9.17, 15) is 4.79 Å². The van der Waals surface area contributed by atoms with Crippen LogP contribution in [0, 0.1) is 11.8 Å². The van der Waals surface area contributed by atoms with Crippen molar-refractivity contribution in [2.75, 3.05) is 11.4 Å². The SMILES string of the molecule is CC(C)CCN(C(=O)C1CCCCC1)c1ccccc1C(=S)c1ccccc1. The molecule has 1 aliphatic carbocycles. The normalized spacial score (nSPS) is 14.8. The maximum Gasteiger partial charge on any atom is 0.230 e. The van der Waals surface area contributed by atoms with E-state index in [1.807, 2.05) is 47.4 Å².